The van der Waals surface area contributed by atoms with Crippen molar-refractivity contribution in [2.24, 2.45) is 5.41 Å². The molecule has 1 aromatic rings. The Morgan fingerprint density at radius 1 is 1.53 bits per heavy atom. The number of amides is 1. The lowest BCUT2D eigenvalue weighted by Gasteiger charge is -2.36. The standard InChI is InChI=1S/C15H23N3O/c1-15(8-5-9-16-12-15)14(19)18(2)11-7-13-6-3-4-10-17-13/h3-4,6,10,16H,5,7-9,11-12H2,1-2H3. The molecule has 1 fully saturated rings. The number of carbonyl (C=O) groups excluding carboxylic acids is 1. The Hall–Kier alpha value is -1.42. The summed E-state index contributed by atoms with van der Waals surface area (Å²) in [4.78, 5) is 18.6. The Morgan fingerprint density at radius 3 is 3.00 bits per heavy atom. The molecule has 19 heavy (non-hydrogen) atoms. The third-order valence-corrected chi connectivity index (χ3v) is 3.89. The van der Waals surface area contributed by atoms with Crippen molar-refractivity contribution in [2.75, 3.05) is 26.7 Å². The first-order valence-corrected chi connectivity index (χ1v) is 6.98. The third kappa shape index (κ3) is 3.53. The molecule has 0 spiro atoms. The Bertz CT molecular complexity index is 413. The van der Waals surface area contributed by atoms with Crippen LogP contribution in [-0.2, 0) is 11.2 Å². The number of hydrogen-bond donors (Lipinski definition) is 1. The first-order valence-electron chi connectivity index (χ1n) is 6.98. The molecule has 2 rings (SSSR count). The zero-order valence-electron chi connectivity index (χ0n) is 11.9. The number of likely N-dealkylation sites (N-methyl/N-ethyl adjacent to an activating group) is 1. The summed E-state index contributed by atoms with van der Waals surface area (Å²) < 4.78 is 0. The van der Waals surface area contributed by atoms with Crippen LogP contribution in [-0.4, -0.2) is 42.5 Å². The second-order valence-corrected chi connectivity index (χ2v) is 5.64. The van der Waals surface area contributed by atoms with E-state index in [-0.39, 0.29) is 11.3 Å². The average Bonchev–Trinajstić information content (AvgIpc) is 2.46. The van der Waals surface area contributed by atoms with E-state index in [1.165, 1.54) is 0 Å². The van der Waals surface area contributed by atoms with Gasteiger partial charge in [-0.15, -0.1) is 0 Å². The first-order chi connectivity index (χ1) is 9.12. The van der Waals surface area contributed by atoms with Crippen LogP contribution in [0, 0.1) is 5.41 Å². The van der Waals surface area contributed by atoms with E-state index in [0.29, 0.717) is 0 Å². The summed E-state index contributed by atoms with van der Waals surface area (Å²) in [6.45, 7) is 4.62. The molecule has 1 aliphatic rings. The molecule has 1 amide bonds. The molecule has 2 heterocycles. The summed E-state index contributed by atoms with van der Waals surface area (Å²) in [6, 6.07) is 5.89. The third-order valence-electron chi connectivity index (χ3n) is 3.89. The van der Waals surface area contributed by atoms with Gasteiger partial charge in [-0.1, -0.05) is 6.07 Å². The number of piperidine rings is 1. The summed E-state index contributed by atoms with van der Waals surface area (Å²) in [5.41, 5.74) is 0.797. The van der Waals surface area contributed by atoms with Crippen molar-refractivity contribution < 1.29 is 4.79 Å². The largest absolute Gasteiger partial charge is 0.345 e. The zero-order chi connectivity index (χ0) is 13.7. The minimum atomic E-state index is -0.239. The van der Waals surface area contributed by atoms with E-state index >= 15 is 0 Å². The molecule has 1 saturated heterocycles. The first kappa shape index (κ1) is 14.0. The second kappa shape index (κ2) is 6.15. The van der Waals surface area contributed by atoms with E-state index in [4.69, 9.17) is 0 Å². The van der Waals surface area contributed by atoms with E-state index in [9.17, 15) is 4.79 Å². The molecular weight excluding hydrogens is 238 g/mol. The van der Waals surface area contributed by atoms with Crippen molar-refractivity contribution in [3.63, 3.8) is 0 Å². The molecule has 104 valence electrons. The van der Waals surface area contributed by atoms with Crippen molar-refractivity contribution in [2.45, 2.75) is 26.2 Å². The monoisotopic (exact) mass is 261 g/mol. The van der Waals surface area contributed by atoms with E-state index in [1.54, 1.807) is 6.20 Å². The van der Waals surface area contributed by atoms with Crippen LogP contribution in [0.3, 0.4) is 0 Å². The van der Waals surface area contributed by atoms with Gasteiger partial charge >= 0.3 is 0 Å². The highest BCUT2D eigenvalue weighted by Gasteiger charge is 2.36. The van der Waals surface area contributed by atoms with Crippen LogP contribution in [0.5, 0.6) is 0 Å². The van der Waals surface area contributed by atoms with Crippen molar-refractivity contribution in [1.82, 2.24) is 15.2 Å². The van der Waals surface area contributed by atoms with Crippen LogP contribution in [0.1, 0.15) is 25.5 Å². The molecule has 4 heteroatoms. The van der Waals surface area contributed by atoms with Crippen LogP contribution in [0.15, 0.2) is 24.4 Å². The molecule has 0 aliphatic carbocycles. The highest BCUT2D eigenvalue weighted by Crippen LogP contribution is 2.27. The number of aromatic nitrogens is 1. The van der Waals surface area contributed by atoms with Crippen LogP contribution < -0.4 is 5.32 Å². The molecule has 1 atom stereocenters. The van der Waals surface area contributed by atoms with Gasteiger partial charge in [0.2, 0.25) is 5.91 Å². The molecule has 1 N–H and O–H groups in total. The van der Waals surface area contributed by atoms with Gasteiger partial charge in [-0.3, -0.25) is 9.78 Å². The van der Waals surface area contributed by atoms with Crippen LogP contribution in [0.4, 0.5) is 0 Å². The summed E-state index contributed by atoms with van der Waals surface area (Å²) >= 11 is 0. The second-order valence-electron chi connectivity index (χ2n) is 5.64. The van der Waals surface area contributed by atoms with Gasteiger partial charge in [-0.2, -0.15) is 0 Å². The number of nitrogens with one attached hydrogen (secondary N) is 1. The van der Waals surface area contributed by atoms with Gasteiger partial charge in [0.1, 0.15) is 0 Å². The zero-order valence-corrected chi connectivity index (χ0v) is 11.9. The summed E-state index contributed by atoms with van der Waals surface area (Å²) in [6.07, 6.45) is 4.67. The maximum Gasteiger partial charge on any atom is 0.229 e. The fourth-order valence-electron chi connectivity index (χ4n) is 2.63. The molecule has 1 aliphatic heterocycles. The Balaban J connectivity index is 1.88. The van der Waals surface area contributed by atoms with Gasteiger partial charge in [-0.25, -0.2) is 0 Å². The Morgan fingerprint density at radius 2 is 2.37 bits per heavy atom. The smallest absolute Gasteiger partial charge is 0.229 e. The van der Waals surface area contributed by atoms with Gasteiger partial charge in [0.05, 0.1) is 5.41 Å². The number of rotatable bonds is 4. The van der Waals surface area contributed by atoms with E-state index in [0.717, 1.165) is 44.6 Å². The lowest BCUT2D eigenvalue weighted by atomic mass is 9.81. The average molecular weight is 261 g/mol. The van der Waals surface area contributed by atoms with Gasteiger partial charge in [0.15, 0.2) is 0 Å². The molecule has 1 unspecified atom stereocenters. The van der Waals surface area contributed by atoms with Gasteiger partial charge in [0.25, 0.3) is 0 Å². The maximum absolute atomic E-state index is 12.5. The van der Waals surface area contributed by atoms with Crippen LogP contribution in [0.2, 0.25) is 0 Å². The molecular formula is C15H23N3O. The lowest BCUT2D eigenvalue weighted by molar-refractivity contribution is -0.140. The summed E-state index contributed by atoms with van der Waals surface area (Å²) in [5, 5.41) is 3.33. The normalized spacial score (nSPS) is 23.1. The van der Waals surface area contributed by atoms with Crippen LogP contribution in [0.25, 0.3) is 0 Å². The molecule has 1 aromatic heterocycles. The van der Waals surface area contributed by atoms with Gasteiger partial charge in [-0.05, 0) is 38.4 Å². The highest BCUT2D eigenvalue weighted by atomic mass is 16.2. The van der Waals surface area contributed by atoms with Crippen molar-refractivity contribution in [1.29, 1.82) is 0 Å². The highest BCUT2D eigenvalue weighted by molar-refractivity contribution is 5.82. The van der Waals surface area contributed by atoms with Gasteiger partial charge in [0, 0.05) is 38.4 Å². The molecule has 4 nitrogen and oxygen atoms in total. The number of hydrogen-bond acceptors (Lipinski definition) is 3. The Kier molecular flexibility index (Phi) is 4.53. The lowest BCUT2D eigenvalue weighted by Crippen LogP contribution is -2.49. The minimum Gasteiger partial charge on any atom is -0.345 e. The fourth-order valence-corrected chi connectivity index (χ4v) is 2.63. The molecule has 0 aromatic carbocycles. The number of carbonyl (C=O) groups is 1. The van der Waals surface area contributed by atoms with Crippen LogP contribution >= 0.6 is 0 Å². The predicted molar refractivity (Wildman–Crippen MR) is 75.8 cm³/mol. The topological polar surface area (TPSA) is 45.2 Å². The van der Waals surface area contributed by atoms with Crippen molar-refractivity contribution in [3.05, 3.63) is 30.1 Å². The molecule has 0 saturated carbocycles. The Labute approximate surface area is 115 Å². The maximum atomic E-state index is 12.5. The van der Waals surface area contributed by atoms with Crippen molar-refractivity contribution >= 4 is 5.91 Å². The fraction of sp³-hybridized carbons (Fsp3) is 0.600. The predicted octanol–water partition coefficient (Wildman–Crippen LogP) is 1.47. The van der Waals surface area contributed by atoms with Gasteiger partial charge < -0.3 is 10.2 Å². The number of nitrogens with zero attached hydrogens (tertiary/aromatic N) is 2. The summed E-state index contributed by atoms with van der Waals surface area (Å²) in [5.74, 6) is 0.246. The van der Waals surface area contributed by atoms with E-state index in [2.05, 4.69) is 17.2 Å². The quantitative estimate of drug-likeness (QED) is 0.893. The molecule has 0 radical (unpaired) electrons. The van der Waals surface area contributed by atoms with E-state index in [1.807, 2.05) is 30.1 Å². The number of pyridine rings is 1. The minimum absolute atomic E-state index is 0.239. The molecule has 0 bridgehead atoms. The van der Waals surface area contributed by atoms with Crippen molar-refractivity contribution in [3.8, 4) is 0 Å². The van der Waals surface area contributed by atoms with E-state index < -0.39 is 0 Å². The summed E-state index contributed by atoms with van der Waals surface area (Å²) in [7, 11) is 1.89. The SMILES string of the molecule is CN(CCc1ccccn1)C(=O)C1(C)CCCNC1.